The highest BCUT2D eigenvalue weighted by Gasteiger charge is 2.21. The minimum absolute atomic E-state index is 0.0514. The van der Waals surface area contributed by atoms with Crippen molar-refractivity contribution < 1.29 is 13.9 Å². The normalized spacial score (nSPS) is 14.4. The second kappa shape index (κ2) is 9.16. The van der Waals surface area contributed by atoms with Crippen LogP contribution in [0.25, 0.3) is 6.08 Å². The second-order valence-electron chi connectivity index (χ2n) is 7.81. The SMILES string of the molecule is COc1ccccc1N1CCN(C(=O)C=Cc2cc(C)n(Cc3ccco3)c2C)CC1. The lowest BCUT2D eigenvalue weighted by Crippen LogP contribution is -2.48. The molecule has 6 nitrogen and oxygen atoms in total. The van der Waals surface area contributed by atoms with Crippen LogP contribution in [0.1, 0.15) is 22.7 Å². The van der Waals surface area contributed by atoms with Gasteiger partial charge in [-0.1, -0.05) is 12.1 Å². The summed E-state index contributed by atoms with van der Waals surface area (Å²) in [5.41, 5.74) is 4.41. The zero-order valence-corrected chi connectivity index (χ0v) is 18.4. The molecule has 1 amide bonds. The van der Waals surface area contributed by atoms with Gasteiger partial charge in [0.1, 0.15) is 11.5 Å². The summed E-state index contributed by atoms with van der Waals surface area (Å²) in [7, 11) is 1.69. The van der Waals surface area contributed by atoms with Crippen molar-refractivity contribution in [1.82, 2.24) is 9.47 Å². The number of carbonyl (C=O) groups is 1. The Labute approximate surface area is 183 Å². The highest BCUT2D eigenvalue weighted by molar-refractivity contribution is 5.92. The number of furan rings is 1. The number of amides is 1. The number of aromatic nitrogens is 1. The van der Waals surface area contributed by atoms with E-state index in [1.807, 2.05) is 41.3 Å². The van der Waals surface area contributed by atoms with Gasteiger partial charge in [0.2, 0.25) is 5.91 Å². The molecule has 1 saturated heterocycles. The first-order valence-corrected chi connectivity index (χ1v) is 10.6. The number of hydrogen-bond acceptors (Lipinski definition) is 4. The van der Waals surface area contributed by atoms with Crippen LogP contribution >= 0.6 is 0 Å². The lowest BCUT2D eigenvalue weighted by atomic mass is 10.2. The van der Waals surface area contributed by atoms with Crippen molar-refractivity contribution in [3.05, 3.63) is 77.5 Å². The van der Waals surface area contributed by atoms with Crippen LogP contribution in [0.4, 0.5) is 5.69 Å². The van der Waals surface area contributed by atoms with Crippen LogP contribution in [-0.2, 0) is 11.3 Å². The fourth-order valence-corrected chi connectivity index (χ4v) is 4.12. The minimum atomic E-state index is 0.0514. The summed E-state index contributed by atoms with van der Waals surface area (Å²) in [5.74, 6) is 1.84. The number of piperazine rings is 1. The van der Waals surface area contributed by atoms with Gasteiger partial charge in [0.05, 0.1) is 25.6 Å². The maximum Gasteiger partial charge on any atom is 0.246 e. The molecule has 0 aliphatic carbocycles. The van der Waals surface area contributed by atoms with Crippen LogP contribution in [0.3, 0.4) is 0 Å². The average Bonchev–Trinajstić information content (AvgIpc) is 3.41. The first-order valence-electron chi connectivity index (χ1n) is 10.6. The summed E-state index contributed by atoms with van der Waals surface area (Å²) in [5, 5.41) is 0. The third-order valence-electron chi connectivity index (χ3n) is 5.93. The Kier molecular flexibility index (Phi) is 6.16. The highest BCUT2D eigenvalue weighted by atomic mass is 16.5. The molecule has 0 unspecified atom stereocenters. The van der Waals surface area contributed by atoms with E-state index in [4.69, 9.17) is 9.15 Å². The molecular weight excluding hydrogens is 390 g/mol. The van der Waals surface area contributed by atoms with Gasteiger partial charge in [-0.25, -0.2) is 0 Å². The number of rotatable bonds is 6. The molecular formula is C25H29N3O3. The molecule has 0 spiro atoms. The summed E-state index contributed by atoms with van der Waals surface area (Å²) >= 11 is 0. The predicted octanol–water partition coefficient (Wildman–Crippen LogP) is 4.12. The van der Waals surface area contributed by atoms with Gasteiger partial charge in [-0.05, 0) is 55.8 Å². The minimum Gasteiger partial charge on any atom is -0.495 e. The van der Waals surface area contributed by atoms with Gasteiger partial charge < -0.3 is 23.5 Å². The molecule has 1 fully saturated rings. The van der Waals surface area contributed by atoms with E-state index in [-0.39, 0.29) is 5.91 Å². The Hall–Kier alpha value is -3.41. The van der Waals surface area contributed by atoms with Crippen LogP contribution in [0.2, 0.25) is 0 Å². The van der Waals surface area contributed by atoms with Crippen molar-refractivity contribution in [2.45, 2.75) is 20.4 Å². The van der Waals surface area contributed by atoms with Crippen molar-refractivity contribution in [2.75, 3.05) is 38.2 Å². The van der Waals surface area contributed by atoms with Crippen molar-refractivity contribution in [3.8, 4) is 5.75 Å². The molecule has 4 rings (SSSR count). The van der Waals surface area contributed by atoms with E-state index >= 15 is 0 Å². The Balaban J connectivity index is 1.38. The lowest BCUT2D eigenvalue weighted by Gasteiger charge is -2.36. The Morgan fingerprint density at radius 1 is 1.10 bits per heavy atom. The zero-order chi connectivity index (χ0) is 21.8. The molecule has 2 aromatic heterocycles. The topological polar surface area (TPSA) is 50.9 Å². The third kappa shape index (κ3) is 4.53. The number of ether oxygens (including phenoxy) is 1. The monoisotopic (exact) mass is 419 g/mol. The van der Waals surface area contributed by atoms with E-state index in [0.717, 1.165) is 47.2 Å². The van der Waals surface area contributed by atoms with E-state index in [9.17, 15) is 4.79 Å². The van der Waals surface area contributed by atoms with Crippen LogP contribution in [-0.4, -0.2) is 48.7 Å². The Bertz CT molecular complexity index is 1060. The number of methoxy groups -OCH3 is 1. The molecule has 0 radical (unpaired) electrons. The summed E-state index contributed by atoms with van der Waals surface area (Å²) in [4.78, 5) is 17.0. The quantitative estimate of drug-likeness (QED) is 0.564. The summed E-state index contributed by atoms with van der Waals surface area (Å²) in [6, 6.07) is 14.0. The van der Waals surface area contributed by atoms with Crippen LogP contribution in [0.15, 0.2) is 59.2 Å². The fourth-order valence-electron chi connectivity index (χ4n) is 4.12. The maximum absolute atomic E-state index is 12.8. The summed E-state index contributed by atoms with van der Waals surface area (Å²) < 4.78 is 13.2. The molecule has 1 aromatic carbocycles. The van der Waals surface area contributed by atoms with E-state index in [1.165, 1.54) is 0 Å². The standard InChI is InChI=1S/C25H29N3O3/c1-19-17-21(20(2)28(19)18-22-7-6-16-31-22)10-11-25(29)27-14-12-26(13-15-27)23-8-4-5-9-24(23)30-3/h4-11,16-17H,12-15,18H2,1-3H3. The smallest absolute Gasteiger partial charge is 0.246 e. The fraction of sp³-hybridized carbons (Fsp3) is 0.320. The van der Waals surface area contributed by atoms with Gasteiger partial charge in [0.15, 0.2) is 0 Å². The molecule has 3 heterocycles. The predicted molar refractivity (Wildman–Crippen MR) is 123 cm³/mol. The second-order valence-corrected chi connectivity index (χ2v) is 7.81. The molecule has 6 heteroatoms. The number of para-hydroxylation sites is 2. The number of benzene rings is 1. The number of aryl methyl sites for hydroxylation is 1. The van der Waals surface area contributed by atoms with Gasteiger partial charge in [-0.15, -0.1) is 0 Å². The first kappa shape index (κ1) is 20.8. The van der Waals surface area contributed by atoms with E-state index in [2.05, 4.69) is 35.4 Å². The largest absolute Gasteiger partial charge is 0.495 e. The Morgan fingerprint density at radius 2 is 1.87 bits per heavy atom. The van der Waals surface area contributed by atoms with Crippen molar-refractivity contribution >= 4 is 17.7 Å². The number of hydrogen-bond donors (Lipinski definition) is 0. The van der Waals surface area contributed by atoms with E-state index in [0.29, 0.717) is 19.6 Å². The van der Waals surface area contributed by atoms with Gasteiger partial charge in [0.25, 0.3) is 0 Å². The van der Waals surface area contributed by atoms with Gasteiger partial charge in [0, 0.05) is 43.6 Å². The Morgan fingerprint density at radius 3 is 2.58 bits per heavy atom. The van der Waals surface area contributed by atoms with Gasteiger partial charge in [-0.2, -0.15) is 0 Å². The molecule has 1 aliphatic heterocycles. The van der Waals surface area contributed by atoms with Crippen LogP contribution in [0, 0.1) is 13.8 Å². The molecule has 162 valence electrons. The molecule has 0 bridgehead atoms. The van der Waals surface area contributed by atoms with Crippen molar-refractivity contribution in [2.24, 2.45) is 0 Å². The van der Waals surface area contributed by atoms with E-state index < -0.39 is 0 Å². The third-order valence-corrected chi connectivity index (χ3v) is 5.93. The highest BCUT2D eigenvalue weighted by Crippen LogP contribution is 2.28. The lowest BCUT2D eigenvalue weighted by molar-refractivity contribution is -0.126. The summed E-state index contributed by atoms with van der Waals surface area (Å²) in [6.07, 6.45) is 5.31. The van der Waals surface area contributed by atoms with Gasteiger partial charge in [-0.3, -0.25) is 4.79 Å². The average molecular weight is 420 g/mol. The van der Waals surface area contributed by atoms with Crippen LogP contribution in [0.5, 0.6) is 5.75 Å². The molecule has 3 aromatic rings. The molecule has 1 aliphatic rings. The molecule has 31 heavy (non-hydrogen) atoms. The summed E-state index contributed by atoms with van der Waals surface area (Å²) in [6.45, 7) is 7.81. The number of anilines is 1. The van der Waals surface area contributed by atoms with Gasteiger partial charge >= 0.3 is 0 Å². The molecule has 0 N–H and O–H groups in total. The number of carbonyl (C=O) groups excluding carboxylic acids is 1. The zero-order valence-electron chi connectivity index (χ0n) is 18.4. The first-order chi connectivity index (χ1) is 15.1. The van der Waals surface area contributed by atoms with E-state index in [1.54, 1.807) is 19.4 Å². The number of nitrogens with zero attached hydrogens (tertiary/aromatic N) is 3. The molecule has 0 atom stereocenters. The van der Waals surface area contributed by atoms with Crippen LogP contribution < -0.4 is 9.64 Å². The molecule has 0 saturated carbocycles. The maximum atomic E-state index is 12.8. The van der Waals surface area contributed by atoms with Crippen molar-refractivity contribution in [1.29, 1.82) is 0 Å². The van der Waals surface area contributed by atoms with Crippen molar-refractivity contribution in [3.63, 3.8) is 0 Å².